The van der Waals surface area contributed by atoms with Gasteiger partial charge in [-0.05, 0) is 43.4 Å². The molecule has 0 aliphatic heterocycles. The monoisotopic (exact) mass is 273 g/mol. The molecule has 0 saturated carbocycles. The fourth-order valence-corrected chi connectivity index (χ4v) is 1.95. The van der Waals surface area contributed by atoms with Gasteiger partial charge in [-0.15, -0.1) is 0 Å². The number of hydrogen-bond donors (Lipinski definition) is 1. The molecule has 0 bridgehead atoms. The lowest BCUT2D eigenvalue weighted by Gasteiger charge is -2.17. The van der Waals surface area contributed by atoms with Crippen molar-refractivity contribution in [3.8, 4) is 0 Å². The molecule has 0 radical (unpaired) electrons. The van der Waals surface area contributed by atoms with Gasteiger partial charge in [0.2, 0.25) is 0 Å². The lowest BCUT2D eigenvalue weighted by atomic mass is 10.0. The molecule has 1 N–H and O–H groups in total. The second-order valence-electron chi connectivity index (χ2n) is 5.33. The Morgan fingerprint density at radius 1 is 1.16 bits per heavy atom. The molecule has 0 amide bonds. The fourth-order valence-electron chi connectivity index (χ4n) is 1.95. The smallest absolute Gasteiger partial charge is 0.383 e. The number of halogens is 3. The van der Waals surface area contributed by atoms with Crippen LogP contribution in [0.4, 0.5) is 18.9 Å². The van der Waals surface area contributed by atoms with Gasteiger partial charge in [0.1, 0.15) is 0 Å². The van der Waals surface area contributed by atoms with Gasteiger partial charge in [-0.25, -0.2) is 0 Å². The molecule has 1 nitrogen and oxygen atoms in total. The van der Waals surface area contributed by atoms with Crippen molar-refractivity contribution in [3.63, 3.8) is 0 Å². The third kappa shape index (κ3) is 6.50. The maximum absolute atomic E-state index is 12.1. The quantitative estimate of drug-likeness (QED) is 0.737. The minimum absolute atomic E-state index is 0.0461. The minimum atomic E-state index is -4.04. The van der Waals surface area contributed by atoms with E-state index in [0.717, 1.165) is 5.69 Å². The summed E-state index contributed by atoms with van der Waals surface area (Å²) < 4.78 is 36.2. The van der Waals surface area contributed by atoms with Crippen molar-refractivity contribution < 1.29 is 13.2 Å². The van der Waals surface area contributed by atoms with Gasteiger partial charge in [-0.1, -0.05) is 26.0 Å². The van der Waals surface area contributed by atoms with E-state index in [2.05, 4.69) is 31.3 Å². The van der Waals surface area contributed by atoms with E-state index in [0.29, 0.717) is 12.3 Å². The molecule has 0 aliphatic rings. The molecule has 19 heavy (non-hydrogen) atoms. The molecule has 1 unspecified atom stereocenters. The van der Waals surface area contributed by atoms with Crippen LogP contribution in [0.15, 0.2) is 24.3 Å². The van der Waals surface area contributed by atoms with Crippen LogP contribution in [-0.2, 0) is 0 Å². The van der Waals surface area contributed by atoms with Gasteiger partial charge in [-0.3, -0.25) is 0 Å². The van der Waals surface area contributed by atoms with Crippen LogP contribution in [0.2, 0.25) is 0 Å². The molecule has 108 valence electrons. The normalized spacial score (nSPS) is 13.6. The first-order chi connectivity index (χ1) is 8.78. The SMILES string of the molecule is CC(CCCC(F)(F)F)Nc1cccc(C(C)C)c1. The summed E-state index contributed by atoms with van der Waals surface area (Å²) in [6, 6.07) is 8.09. The second kappa shape index (κ2) is 6.83. The molecular formula is C15H22F3N. The van der Waals surface area contributed by atoms with Crippen LogP contribution in [0.25, 0.3) is 0 Å². The van der Waals surface area contributed by atoms with Gasteiger partial charge >= 0.3 is 6.18 Å². The summed E-state index contributed by atoms with van der Waals surface area (Å²) in [7, 11) is 0. The van der Waals surface area contributed by atoms with Gasteiger partial charge in [-0.2, -0.15) is 13.2 Å². The second-order valence-corrected chi connectivity index (χ2v) is 5.33. The average Bonchev–Trinajstić information content (AvgIpc) is 2.27. The maximum atomic E-state index is 12.1. The van der Waals surface area contributed by atoms with Crippen molar-refractivity contribution in [3.05, 3.63) is 29.8 Å². The number of nitrogens with one attached hydrogen (secondary N) is 1. The molecule has 0 saturated heterocycles. The predicted octanol–water partition coefficient (Wildman–Crippen LogP) is 5.34. The largest absolute Gasteiger partial charge is 0.389 e. The number of rotatable bonds is 6. The Labute approximate surface area is 113 Å². The number of anilines is 1. The van der Waals surface area contributed by atoms with E-state index in [9.17, 15) is 13.2 Å². The van der Waals surface area contributed by atoms with Crippen molar-refractivity contribution >= 4 is 5.69 Å². The molecule has 1 aromatic carbocycles. The summed E-state index contributed by atoms with van der Waals surface area (Å²) in [5.41, 5.74) is 2.21. The van der Waals surface area contributed by atoms with Crippen molar-refractivity contribution in [1.29, 1.82) is 0 Å². The molecule has 0 aromatic heterocycles. The summed E-state index contributed by atoms with van der Waals surface area (Å²) in [6.07, 6.45) is -4.06. The summed E-state index contributed by atoms with van der Waals surface area (Å²) in [5.74, 6) is 0.447. The van der Waals surface area contributed by atoms with E-state index in [-0.39, 0.29) is 12.5 Å². The number of benzene rings is 1. The van der Waals surface area contributed by atoms with Crippen LogP contribution in [0.1, 0.15) is 51.5 Å². The van der Waals surface area contributed by atoms with Crippen LogP contribution in [0.5, 0.6) is 0 Å². The molecule has 4 heteroatoms. The zero-order valence-corrected chi connectivity index (χ0v) is 11.7. The van der Waals surface area contributed by atoms with Gasteiger partial charge in [0, 0.05) is 18.2 Å². The van der Waals surface area contributed by atoms with E-state index in [1.165, 1.54) is 5.56 Å². The van der Waals surface area contributed by atoms with Crippen molar-refractivity contribution in [2.75, 3.05) is 5.32 Å². The van der Waals surface area contributed by atoms with E-state index < -0.39 is 12.6 Å². The first kappa shape index (κ1) is 15.9. The summed E-state index contributed by atoms with van der Waals surface area (Å²) in [6.45, 7) is 6.15. The van der Waals surface area contributed by atoms with Crippen LogP contribution in [0.3, 0.4) is 0 Å². The molecule has 0 aliphatic carbocycles. The highest BCUT2D eigenvalue weighted by atomic mass is 19.4. The molecule has 0 spiro atoms. The molecule has 1 atom stereocenters. The highest BCUT2D eigenvalue weighted by Crippen LogP contribution is 2.24. The fraction of sp³-hybridized carbons (Fsp3) is 0.600. The highest BCUT2D eigenvalue weighted by molar-refractivity contribution is 5.47. The number of alkyl halides is 3. The topological polar surface area (TPSA) is 12.0 Å². The van der Waals surface area contributed by atoms with Crippen molar-refractivity contribution in [2.24, 2.45) is 0 Å². The van der Waals surface area contributed by atoms with Crippen molar-refractivity contribution in [1.82, 2.24) is 0 Å². The summed E-state index contributed by atoms with van der Waals surface area (Å²) in [5, 5.41) is 3.26. The molecular weight excluding hydrogens is 251 g/mol. The van der Waals surface area contributed by atoms with Gasteiger partial charge < -0.3 is 5.32 Å². The Balaban J connectivity index is 2.44. The Bertz CT molecular complexity index is 385. The highest BCUT2D eigenvalue weighted by Gasteiger charge is 2.26. The van der Waals surface area contributed by atoms with Gasteiger partial charge in [0.25, 0.3) is 0 Å². The molecule has 0 fully saturated rings. The molecule has 1 rings (SSSR count). The predicted molar refractivity (Wildman–Crippen MR) is 73.5 cm³/mol. The van der Waals surface area contributed by atoms with E-state index in [1.54, 1.807) is 0 Å². The van der Waals surface area contributed by atoms with E-state index >= 15 is 0 Å². The van der Waals surface area contributed by atoms with Crippen LogP contribution < -0.4 is 5.32 Å². The maximum Gasteiger partial charge on any atom is 0.389 e. The lowest BCUT2D eigenvalue weighted by molar-refractivity contribution is -0.135. The zero-order valence-electron chi connectivity index (χ0n) is 11.7. The van der Waals surface area contributed by atoms with Crippen LogP contribution in [0, 0.1) is 0 Å². The third-order valence-corrected chi connectivity index (χ3v) is 3.06. The zero-order chi connectivity index (χ0) is 14.5. The summed E-state index contributed by atoms with van der Waals surface area (Å²) in [4.78, 5) is 0. The van der Waals surface area contributed by atoms with Crippen molar-refractivity contribution in [2.45, 2.75) is 58.2 Å². The molecule has 0 heterocycles. The van der Waals surface area contributed by atoms with Crippen LogP contribution in [-0.4, -0.2) is 12.2 Å². The molecule has 1 aromatic rings. The first-order valence-electron chi connectivity index (χ1n) is 6.71. The Morgan fingerprint density at radius 2 is 1.84 bits per heavy atom. The standard InChI is InChI=1S/C15H22F3N/c1-11(2)13-7-4-8-14(10-13)19-12(3)6-5-9-15(16,17)18/h4,7-8,10-12,19H,5-6,9H2,1-3H3. The lowest BCUT2D eigenvalue weighted by Crippen LogP contribution is -2.16. The first-order valence-corrected chi connectivity index (χ1v) is 6.71. The third-order valence-electron chi connectivity index (χ3n) is 3.06. The van der Waals surface area contributed by atoms with E-state index in [4.69, 9.17) is 0 Å². The van der Waals surface area contributed by atoms with Gasteiger partial charge in [0.05, 0.1) is 0 Å². The average molecular weight is 273 g/mol. The Morgan fingerprint density at radius 3 is 2.42 bits per heavy atom. The Kier molecular flexibility index (Phi) is 5.70. The minimum Gasteiger partial charge on any atom is -0.383 e. The Hall–Kier alpha value is -1.19. The van der Waals surface area contributed by atoms with Crippen LogP contribution >= 0.6 is 0 Å². The summed E-state index contributed by atoms with van der Waals surface area (Å²) >= 11 is 0. The van der Waals surface area contributed by atoms with E-state index in [1.807, 2.05) is 19.1 Å². The van der Waals surface area contributed by atoms with Gasteiger partial charge in [0.15, 0.2) is 0 Å². The number of hydrogen-bond acceptors (Lipinski definition) is 1.